The molecule has 0 radical (unpaired) electrons. The molecule has 2 rings (SSSR count). The molecule has 0 bridgehead atoms. The molecule has 17 heavy (non-hydrogen) atoms. The van der Waals surface area contributed by atoms with Gasteiger partial charge in [-0.1, -0.05) is 12.1 Å². The molecule has 1 aromatic carbocycles. The predicted molar refractivity (Wildman–Crippen MR) is 66.9 cm³/mol. The average molecular weight is 234 g/mol. The monoisotopic (exact) mass is 234 g/mol. The van der Waals surface area contributed by atoms with Gasteiger partial charge in [0, 0.05) is 12.3 Å². The highest BCUT2D eigenvalue weighted by molar-refractivity contribution is 5.95. The molecule has 4 heteroatoms. The van der Waals surface area contributed by atoms with E-state index >= 15 is 0 Å². The number of carbonyl (C=O) groups excluding carboxylic acids is 1. The summed E-state index contributed by atoms with van der Waals surface area (Å²) in [6, 6.07) is 7.55. The largest absolute Gasteiger partial charge is 0.396 e. The molecule has 0 spiro atoms. The summed E-state index contributed by atoms with van der Waals surface area (Å²) in [6.07, 6.45) is 2.63. The van der Waals surface area contributed by atoms with Crippen molar-refractivity contribution in [2.45, 2.75) is 25.3 Å². The third kappa shape index (κ3) is 3.28. The van der Waals surface area contributed by atoms with Gasteiger partial charge >= 0.3 is 0 Å². The van der Waals surface area contributed by atoms with Gasteiger partial charge in [0.05, 0.1) is 6.04 Å². The van der Waals surface area contributed by atoms with E-state index < -0.39 is 0 Å². The lowest BCUT2D eigenvalue weighted by atomic mass is 10.1. The highest BCUT2D eigenvalue weighted by Gasteiger charge is 2.21. The van der Waals surface area contributed by atoms with Crippen LogP contribution in [0.5, 0.6) is 0 Å². The van der Waals surface area contributed by atoms with E-state index in [1.807, 2.05) is 24.3 Å². The summed E-state index contributed by atoms with van der Waals surface area (Å²) in [5.74, 6) is 0.0393. The maximum absolute atomic E-state index is 11.8. The molecule has 1 aliphatic heterocycles. The van der Waals surface area contributed by atoms with Gasteiger partial charge in [0.1, 0.15) is 0 Å². The molecule has 1 atom stereocenters. The van der Waals surface area contributed by atoms with Crippen molar-refractivity contribution in [3.8, 4) is 0 Å². The number of rotatable bonds is 4. The SMILES string of the molecule is O=C(Nc1ccc(CCO)cc1)[C@H]1CCCN1. The van der Waals surface area contributed by atoms with Crippen LogP contribution < -0.4 is 10.6 Å². The highest BCUT2D eigenvalue weighted by Crippen LogP contribution is 2.12. The van der Waals surface area contributed by atoms with Crippen LogP contribution in [0.25, 0.3) is 0 Å². The topological polar surface area (TPSA) is 61.4 Å². The van der Waals surface area contributed by atoms with Crippen LogP contribution >= 0.6 is 0 Å². The number of aliphatic hydroxyl groups is 1. The first-order valence-electron chi connectivity index (χ1n) is 6.03. The van der Waals surface area contributed by atoms with Gasteiger partial charge in [-0.3, -0.25) is 4.79 Å². The number of anilines is 1. The van der Waals surface area contributed by atoms with Gasteiger partial charge in [-0.2, -0.15) is 0 Å². The Hall–Kier alpha value is -1.39. The van der Waals surface area contributed by atoms with E-state index in [4.69, 9.17) is 5.11 Å². The van der Waals surface area contributed by atoms with Gasteiger partial charge in [0.2, 0.25) is 5.91 Å². The predicted octanol–water partition coefficient (Wildman–Crippen LogP) is 0.912. The van der Waals surface area contributed by atoms with Gasteiger partial charge in [-0.25, -0.2) is 0 Å². The van der Waals surface area contributed by atoms with Crippen LogP contribution in [0.3, 0.4) is 0 Å². The van der Waals surface area contributed by atoms with Crippen molar-refractivity contribution in [3.63, 3.8) is 0 Å². The van der Waals surface area contributed by atoms with E-state index in [2.05, 4.69) is 10.6 Å². The Kier molecular flexibility index (Phi) is 4.12. The number of carbonyl (C=O) groups is 1. The summed E-state index contributed by atoms with van der Waals surface area (Å²) < 4.78 is 0. The number of hydrogen-bond donors (Lipinski definition) is 3. The fourth-order valence-electron chi connectivity index (χ4n) is 2.02. The second kappa shape index (κ2) is 5.80. The Labute approximate surface area is 101 Å². The molecule has 0 saturated carbocycles. The Bertz CT molecular complexity index is 370. The first-order valence-corrected chi connectivity index (χ1v) is 6.03. The molecule has 1 aromatic rings. The lowest BCUT2D eigenvalue weighted by Gasteiger charge is -2.11. The lowest BCUT2D eigenvalue weighted by Crippen LogP contribution is -2.35. The van der Waals surface area contributed by atoms with Crippen molar-refractivity contribution in [1.82, 2.24) is 5.32 Å². The Balaban J connectivity index is 1.91. The van der Waals surface area contributed by atoms with Crippen molar-refractivity contribution in [2.24, 2.45) is 0 Å². The second-order valence-electron chi connectivity index (χ2n) is 4.31. The summed E-state index contributed by atoms with van der Waals surface area (Å²) in [4.78, 5) is 11.8. The zero-order valence-corrected chi connectivity index (χ0v) is 9.78. The molecule has 1 saturated heterocycles. The van der Waals surface area contributed by atoms with E-state index in [0.29, 0.717) is 6.42 Å². The van der Waals surface area contributed by atoms with Crippen LogP contribution in [-0.4, -0.2) is 30.2 Å². The van der Waals surface area contributed by atoms with E-state index in [9.17, 15) is 4.79 Å². The zero-order valence-electron chi connectivity index (χ0n) is 9.78. The van der Waals surface area contributed by atoms with Crippen LogP contribution in [-0.2, 0) is 11.2 Å². The molecule has 92 valence electrons. The van der Waals surface area contributed by atoms with Crippen molar-refractivity contribution in [2.75, 3.05) is 18.5 Å². The maximum atomic E-state index is 11.8. The molecule has 4 nitrogen and oxygen atoms in total. The van der Waals surface area contributed by atoms with E-state index in [1.54, 1.807) is 0 Å². The van der Waals surface area contributed by atoms with Gasteiger partial charge in [0.25, 0.3) is 0 Å². The molecular weight excluding hydrogens is 216 g/mol. The van der Waals surface area contributed by atoms with Crippen molar-refractivity contribution >= 4 is 11.6 Å². The average Bonchev–Trinajstić information content (AvgIpc) is 2.86. The van der Waals surface area contributed by atoms with Crippen LogP contribution in [0.2, 0.25) is 0 Å². The Morgan fingerprint density at radius 2 is 2.18 bits per heavy atom. The third-order valence-electron chi connectivity index (χ3n) is 3.00. The summed E-state index contributed by atoms with van der Waals surface area (Å²) >= 11 is 0. The minimum Gasteiger partial charge on any atom is -0.396 e. The summed E-state index contributed by atoms with van der Waals surface area (Å²) in [5.41, 5.74) is 1.88. The van der Waals surface area contributed by atoms with Gasteiger partial charge in [0.15, 0.2) is 0 Å². The minimum atomic E-state index is -0.0490. The van der Waals surface area contributed by atoms with Gasteiger partial charge in [-0.05, 0) is 43.5 Å². The van der Waals surface area contributed by atoms with E-state index in [0.717, 1.165) is 30.6 Å². The number of hydrogen-bond acceptors (Lipinski definition) is 3. The van der Waals surface area contributed by atoms with Gasteiger partial charge in [-0.15, -0.1) is 0 Å². The van der Waals surface area contributed by atoms with Gasteiger partial charge < -0.3 is 15.7 Å². The number of benzene rings is 1. The van der Waals surface area contributed by atoms with Crippen LogP contribution in [0.1, 0.15) is 18.4 Å². The molecule has 1 heterocycles. The molecule has 0 aliphatic carbocycles. The third-order valence-corrected chi connectivity index (χ3v) is 3.00. The first kappa shape index (κ1) is 12.1. The standard InChI is InChI=1S/C13H18N2O2/c16-9-7-10-3-5-11(6-4-10)15-13(17)12-2-1-8-14-12/h3-6,12,14,16H,1-2,7-9H2,(H,15,17)/t12-/m1/s1. The highest BCUT2D eigenvalue weighted by atomic mass is 16.2. The lowest BCUT2D eigenvalue weighted by molar-refractivity contribution is -0.117. The Morgan fingerprint density at radius 1 is 1.41 bits per heavy atom. The summed E-state index contributed by atoms with van der Waals surface area (Å²) in [7, 11) is 0. The smallest absolute Gasteiger partial charge is 0.241 e. The second-order valence-corrected chi connectivity index (χ2v) is 4.31. The normalized spacial score (nSPS) is 19.2. The number of aliphatic hydroxyl groups excluding tert-OH is 1. The van der Waals surface area contributed by atoms with Crippen LogP contribution in [0, 0.1) is 0 Å². The van der Waals surface area contributed by atoms with Crippen LogP contribution in [0.4, 0.5) is 5.69 Å². The molecule has 3 N–H and O–H groups in total. The quantitative estimate of drug-likeness (QED) is 0.725. The minimum absolute atomic E-state index is 0.0393. The fraction of sp³-hybridized carbons (Fsp3) is 0.462. The Morgan fingerprint density at radius 3 is 2.76 bits per heavy atom. The molecule has 1 fully saturated rings. The maximum Gasteiger partial charge on any atom is 0.241 e. The van der Waals surface area contributed by atoms with Crippen molar-refractivity contribution in [3.05, 3.63) is 29.8 Å². The molecule has 0 unspecified atom stereocenters. The van der Waals surface area contributed by atoms with E-state index in [-0.39, 0.29) is 18.6 Å². The molecular formula is C13H18N2O2. The summed E-state index contributed by atoms with van der Waals surface area (Å²) in [5, 5.41) is 14.9. The van der Waals surface area contributed by atoms with E-state index in [1.165, 1.54) is 0 Å². The first-order chi connectivity index (χ1) is 8.29. The van der Waals surface area contributed by atoms with Crippen molar-refractivity contribution < 1.29 is 9.90 Å². The zero-order chi connectivity index (χ0) is 12.1. The molecule has 1 aliphatic rings. The van der Waals surface area contributed by atoms with Crippen molar-refractivity contribution in [1.29, 1.82) is 0 Å². The molecule has 1 amide bonds. The number of nitrogens with one attached hydrogen (secondary N) is 2. The molecule has 0 aromatic heterocycles. The fourth-order valence-corrected chi connectivity index (χ4v) is 2.02. The summed E-state index contributed by atoms with van der Waals surface area (Å²) in [6.45, 7) is 1.07. The van der Waals surface area contributed by atoms with Crippen LogP contribution in [0.15, 0.2) is 24.3 Å². The number of amides is 1.